The quantitative estimate of drug-likeness (QED) is 0.158. The van der Waals surface area contributed by atoms with Crippen molar-refractivity contribution in [1.29, 1.82) is 0 Å². The largest absolute Gasteiger partial charge is 0.440 e. The Morgan fingerprint density at radius 3 is 1.59 bits per heavy atom. The smallest absolute Gasteiger partial charge is 0.253 e. The Morgan fingerprint density at radius 1 is 0.729 bits per heavy atom. The van der Waals surface area contributed by atoms with Crippen LogP contribution in [0.4, 0.5) is 21.8 Å². The Morgan fingerprint density at radius 2 is 1.17 bits per heavy atom. The van der Waals surface area contributed by atoms with Gasteiger partial charge < -0.3 is 43.2 Å². The number of fused-ring (bicyclic) bond motifs is 2. The normalized spacial score (nSPS) is 17.9. The Labute approximate surface area is 350 Å². The molecule has 2 saturated heterocycles. The summed E-state index contributed by atoms with van der Waals surface area (Å²) in [6.07, 6.45) is 0.109. The lowest BCUT2D eigenvalue weighted by molar-refractivity contribution is 0.0516. The highest BCUT2D eigenvalue weighted by atomic mass is 79.9. The van der Waals surface area contributed by atoms with Crippen LogP contribution in [0.2, 0.25) is 0 Å². The number of rotatable bonds is 8. The second-order valence-corrected chi connectivity index (χ2v) is 16.8. The third-order valence-corrected chi connectivity index (χ3v) is 10.7. The van der Waals surface area contributed by atoms with Gasteiger partial charge in [-0.05, 0) is 76.2 Å². The summed E-state index contributed by atoms with van der Waals surface area (Å²) in [5, 5.41) is 4.07. The molecule has 2 amide bonds. The second kappa shape index (κ2) is 18.3. The summed E-state index contributed by atoms with van der Waals surface area (Å²) in [6.45, 7) is 11.6. The van der Waals surface area contributed by atoms with Crippen molar-refractivity contribution < 1.29 is 32.3 Å². The Kier molecular flexibility index (Phi) is 13.5. The lowest BCUT2D eigenvalue weighted by atomic mass is 10.00. The molecule has 0 aliphatic carbocycles. The number of nitrogens with one attached hydrogen (secondary N) is 1. The molecule has 3 aromatic carbocycles. The van der Waals surface area contributed by atoms with Gasteiger partial charge in [0.15, 0.2) is 22.6 Å². The molecule has 0 radical (unpaired) electrons. The summed E-state index contributed by atoms with van der Waals surface area (Å²) in [7, 11) is 6.71. The summed E-state index contributed by atoms with van der Waals surface area (Å²) in [6, 6.07) is 15.4. The molecular weight excluding hydrogens is 825 g/mol. The van der Waals surface area contributed by atoms with Gasteiger partial charge in [0.05, 0.1) is 42.2 Å². The minimum Gasteiger partial charge on any atom is -0.440 e. The number of anilines is 3. The van der Waals surface area contributed by atoms with E-state index in [1.807, 2.05) is 37.5 Å². The standard InChI is InChI=1S/C25H28FN3O4.C19H23BrN2O4/c1-15-14-29(9-10-32-15)23-13-22(30)21-12-17(25(31)28(3)4)11-20(24(21)33-23)16(2)27-19-7-5-18(26)6-8-19;1-11-10-22(5-6-25-11)17-9-16(23)15-8-13(19(24)21(3)4)7-14(12(2)20)18(15)26-17/h5-8,11-13,15-16,27H,9-10,14H2,1-4H3;7-9,11-12H,5-6,10H2,1-4H3/t15-,16?;11-,12?/m11/s1. The monoisotopic (exact) mass is 875 g/mol. The zero-order chi connectivity index (χ0) is 42.7. The number of halogens is 2. The third kappa shape index (κ3) is 9.97. The molecule has 2 aliphatic heterocycles. The number of carbonyl (C=O) groups excluding carboxylic acids is 2. The van der Waals surface area contributed by atoms with Crippen LogP contribution in [-0.4, -0.2) is 101 Å². The van der Waals surface area contributed by atoms with E-state index in [4.69, 9.17) is 18.3 Å². The molecule has 2 fully saturated rings. The van der Waals surface area contributed by atoms with Crippen LogP contribution >= 0.6 is 15.9 Å². The molecule has 5 aromatic rings. The Bertz CT molecular complexity index is 2450. The molecule has 0 saturated carbocycles. The van der Waals surface area contributed by atoms with Gasteiger partial charge in [-0.25, -0.2) is 4.39 Å². The first-order valence-corrected chi connectivity index (χ1v) is 20.5. The summed E-state index contributed by atoms with van der Waals surface area (Å²) in [4.78, 5) is 57.9. The van der Waals surface area contributed by atoms with Crippen LogP contribution in [0.25, 0.3) is 21.9 Å². The van der Waals surface area contributed by atoms with Crippen LogP contribution in [-0.2, 0) is 9.47 Å². The van der Waals surface area contributed by atoms with Gasteiger partial charge in [0.2, 0.25) is 0 Å². The number of nitrogens with zero attached hydrogens (tertiary/aromatic N) is 4. The fourth-order valence-corrected chi connectivity index (χ4v) is 7.49. The highest BCUT2D eigenvalue weighted by Gasteiger charge is 2.25. The molecule has 15 heteroatoms. The van der Waals surface area contributed by atoms with E-state index in [0.717, 1.165) is 5.56 Å². The van der Waals surface area contributed by atoms with Crippen molar-refractivity contribution in [3.05, 3.63) is 109 Å². The number of hydrogen-bond acceptors (Lipinski definition) is 11. The SMILES string of the molecule is CC(Br)c1cc(C(=O)N(C)C)cc2c(=O)cc(N3CCO[C@H](C)C3)oc12.CC(Nc1ccc(F)cc1)c1cc(C(=O)N(C)C)cc2c(=O)cc(N3CCO[C@H](C)C3)oc12. The fraction of sp³-hybridized carbons (Fsp3) is 0.409. The predicted molar refractivity (Wildman–Crippen MR) is 232 cm³/mol. The van der Waals surface area contributed by atoms with Gasteiger partial charge in [-0.2, -0.15) is 0 Å². The molecule has 0 bridgehead atoms. The lowest BCUT2D eigenvalue weighted by Gasteiger charge is -2.31. The topological polar surface area (TPSA) is 138 Å². The molecule has 4 heterocycles. The van der Waals surface area contributed by atoms with Crippen molar-refractivity contribution in [1.82, 2.24) is 9.80 Å². The van der Waals surface area contributed by atoms with Crippen LogP contribution in [0.5, 0.6) is 0 Å². The van der Waals surface area contributed by atoms with Gasteiger partial charge in [0.1, 0.15) is 17.0 Å². The zero-order valence-electron chi connectivity index (χ0n) is 34.6. The Balaban J connectivity index is 0.000000204. The summed E-state index contributed by atoms with van der Waals surface area (Å²) in [5.74, 6) is 0.334. The second-order valence-electron chi connectivity index (χ2n) is 15.4. The number of hydrogen-bond donors (Lipinski definition) is 1. The van der Waals surface area contributed by atoms with E-state index in [9.17, 15) is 23.6 Å². The number of alkyl halides is 1. The average Bonchev–Trinajstić information content (AvgIpc) is 3.20. The molecule has 2 aliphatic rings. The predicted octanol–water partition coefficient (Wildman–Crippen LogP) is 7.21. The zero-order valence-corrected chi connectivity index (χ0v) is 36.2. The lowest BCUT2D eigenvalue weighted by Crippen LogP contribution is -2.41. The highest BCUT2D eigenvalue weighted by molar-refractivity contribution is 9.09. The first kappa shape index (κ1) is 43.3. The minimum atomic E-state index is -0.326. The van der Waals surface area contributed by atoms with Crippen molar-refractivity contribution in [3.63, 3.8) is 0 Å². The first-order chi connectivity index (χ1) is 28.0. The summed E-state index contributed by atoms with van der Waals surface area (Å²) in [5.41, 5.74) is 3.62. The maximum atomic E-state index is 13.3. The van der Waals surface area contributed by atoms with Gasteiger partial charge >= 0.3 is 0 Å². The van der Waals surface area contributed by atoms with Gasteiger partial charge in [-0.1, -0.05) is 15.9 Å². The van der Waals surface area contributed by atoms with Crippen molar-refractivity contribution in [2.75, 3.05) is 82.7 Å². The van der Waals surface area contributed by atoms with Crippen LogP contribution in [0.1, 0.15) is 70.4 Å². The molecule has 4 atom stereocenters. The number of amides is 2. The van der Waals surface area contributed by atoms with Crippen molar-refractivity contribution in [2.45, 2.75) is 50.8 Å². The van der Waals surface area contributed by atoms with Crippen molar-refractivity contribution >= 4 is 67.1 Å². The molecular formula is C44H51BrFN5O8. The highest BCUT2D eigenvalue weighted by Crippen LogP contribution is 2.34. The maximum Gasteiger partial charge on any atom is 0.253 e. The maximum absolute atomic E-state index is 13.3. The number of morpholine rings is 2. The summed E-state index contributed by atoms with van der Waals surface area (Å²) < 4.78 is 36.9. The van der Waals surface area contributed by atoms with Gasteiger partial charge in [-0.15, -0.1) is 0 Å². The molecule has 13 nitrogen and oxygen atoms in total. The van der Waals surface area contributed by atoms with Crippen LogP contribution in [0.3, 0.4) is 0 Å². The summed E-state index contributed by atoms with van der Waals surface area (Å²) >= 11 is 3.56. The molecule has 0 spiro atoms. The molecule has 314 valence electrons. The van der Waals surface area contributed by atoms with E-state index in [-0.39, 0.29) is 51.6 Å². The number of ether oxygens (including phenoxy) is 2. The van der Waals surface area contributed by atoms with Gasteiger partial charge in [-0.3, -0.25) is 19.2 Å². The molecule has 2 aromatic heterocycles. The molecule has 2 unspecified atom stereocenters. The average molecular weight is 877 g/mol. The number of benzene rings is 3. The first-order valence-electron chi connectivity index (χ1n) is 19.6. The molecule has 7 rings (SSSR count). The minimum absolute atomic E-state index is 0.0263. The van der Waals surface area contributed by atoms with Crippen molar-refractivity contribution in [2.24, 2.45) is 0 Å². The molecule has 59 heavy (non-hydrogen) atoms. The van der Waals surface area contributed by atoms with Crippen molar-refractivity contribution in [3.8, 4) is 0 Å². The van der Waals surface area contributed by atoms with E-state index < -0.39 is 0 Å². The van der Waals surface area contributed by atoms with E-state index in [1.54, 1.807) is 64.6 Å². The molecule has 1 N–H and O–H groups in total. The third-order valence-electron chi connectivity index (χ3n) is 10.2. The number of carbonyl (C=O) groups is 2. The van der Waals surface area contributed by atoms with Crippen LogP contribution in [0.15, 0.2) is 79.1 Å². The van der Waals surface area contributed by atoms with Crippen LogP contribution < -0.4 is 26.0 Å². The van der Waals surface area contributed by atoms with Gasteiger partial charge in [0.25, 0.3) is 11.8 Å². The van der Waals surface area contributed by atoms with E-state index in [1.165, 1.54) is 34.1 Å². The van der Waals surface area contributed by atoms with E-state index in [2.05, 4.69) is 21.2 Å². The fourth-order valence-electron chi connectivity index (χ4n) is 7.15. The Hall–Kier alpha value is -5.25. The van der Waals surface area contributed by atoms with E-state index in [0.29, 0.717) is 95.5 Å². The van der Waals surface area contributed by atoms with Crippen LogP contribution in [0, 0.1) is 5.82 Å². The van der Waals surface area contributed by atoms with Gasteiger partial charge in [0, 0.05) is 99.3 Å². The van der Waals surface area contributed by atoms with E-state index >= 15 is 0 Å².